The summed E-state index contributed by atoms with van der Waals surface area (Å²) >= 11 is 0. The van der Waals surface area contributed by atoms with E-state index in [0.717, 1.165) is 57.5 Å². The zero-order valence-electron chi connectivity index (χ0n) is 17.8. The van der Waals surface area contributed by atoms with E-state index in [2.05, 4.69) is 39.7 Å². The molecular weight excluding hydrogens is 376 g/mol. The molecule has 1 saturated carbocycles. The number of aromatic nitrogens is 2. The standard InChI is InChI=1S/C24H32N4O2/c1-27-16-18(15-25-27)17-28-11-9-24(10-12-28)14-19(13-23(29)26-20-5-4-6-20)21-7-2-3-8-22(21)30-24/h2-3,7-8,15-16,19-20H,4-6,9-14,17H2,1H3,(H,26,29). The largest absolute Gasteiger partial charge is 0.487 e. The summed E-state index contributed by atoms with van der Waals surface area (Å²) < 4.78 is 8.48. The molecule has 2 fully saturated rings. The lowest BCUT2D eigenvalue weighted by atomic mass is 9.76. The molecule has 3 aliphatic rings. The smallest absolute Gasteiger partial charge is 0.220 e. The van der Waals surface area contributed by atoms with Crippen LogP contribution in [0.1, 0.15) is 62.0 Å². The molecule has 6 heteroatoms. The molecule has 1 saturated heterocycles. The van der Waals surface area contributed by atoms with Gasteiger partial charge in [-0.1, -0.05) is 18.2 Å². The predicted octanol–water partition coefficient (Wildman–Crippen LogP) is 3.38. The van der Waals surface area contributed by atoms with E-state index >= 15 is 0 Å². The molecule has 1 amide bonds. The average molecular weight is 409 g/mol. The van der Waals surface area contributed by atoms with Gasteiger partial charge in [0.05, 0.1) is 6.20 Å². The molecule has 1 spiro atoms. The maximum absolute atomic E-state index is 12.7. The molecule has 1 N–H and O–H groups in total. The zero-order chi connectivity index (χ0) is 20.6. The Morgan fingerprint density at radius 2 is 2.07 bits per heavy atom. The van der Waals surface area contributed by atoms with E-state index in [1.54, 1.807) is 0 Å². The van der Waals surface area contributed by atoms with Gasteiger partial charge in [0.2, 0.25) is 5.91 Å². The third-order valence-electron chi connectivity index (χ3n) is 7.14. The Morgan fingerprint density at radius 1 is 1.27 bits per heavy atom. The molecule has 0 radical (unpaired) electrons. The number of para-hydroxylation sites is 1. The topological polar surface area (TPSA) is 59.4 Å². The number of carbonyl (C=O) groups is 1. The summed E-state index contributed by atoms with van der Waals surface area (Å²) in [6, 6.07) is 8.72. The Balaban J connectivity index is 1.26. The van der Waals surface area contributed by atoms with Crippen LogP contribution in [0.3, 0.4) is 0 Å². The molecule has 1 aromatic carbocycles. The first kappa shape index (κ1) is 19.6. The van der Waals surface area contributed by atoms with Crippen molar-refractivity contribution in [2.24, 2.45) is 7.05 Å². The number of benzene rings is 1. The first-order valence-electron chi connectivity index (χ1n) is 11.4. The van der Waals surface area contributed by atoms with Gasteiger partial charge in [-0.3, -0.25) is 14.4 Å². The fourth-order valence-electron chi connectivity index (χ4n) is 5.23. The minimum Gasteiger partial charge on any atom is -0.487 e. The molecule has 6 nitrogen and oxygen atoms in total. The van der Waals surface area contributed by atoms with Crippen molar-refractivity contribution in [3.63, 3.8) is 0 Å². The number of aryl methyl sites for hydroxylation is 1. The van der Waals surface area contributed by atoms with E-state index < -0.39 is 0 Å². The van der Waals surface area contributed by atoms with Crippen LogP contribution in [-0.4, -0.2) is 45.3 Å². The van der Waals surface area contributed by atoms with Crippen molar-refractivity contribution >= 4 is 5.91 Å². The normalized spacial score (nSPS) is 23.4. The highest BCUT2D eigenvalue weighted by atomic mass is 16.5. The molecule has 5 rings (SSSR count). The van der Waals surface area contributed by atoms with Gasteiger partial charge >= 0.3 is 0 Å². The van der Waals surface area contributed by atoms with E-state index in [9.17, 15) is 4.79 Å². The Hall–Kier alpha value is -2.34. The van der Waals surface area contributed by atoms with Crippen LogP contribution in [-0.2, 0) is 18.4 Å². The molecular formula is C24H32N4O2. The molecule has 1 aliphatic carbocycles. The molecule has 3 heterocycles. The summed E-state index contributed by atoms with van der Waals surface area (Å²) in [6.45, 7) is 2.96. The monoisotopic (exact) mass is 408 g/mol. The van der Waals surface area contributed by atoms with Crippen molar-refractivity contribution < 1.29 is 9.53 Å². The lowest BCUT2D eigenvalue weighted by molar-refractivity contribution is -0.123. The van der Waals surface area contributed by atoms with Crippen LogP contribution in [0.4, 0.5) is 0 Å². The number of ether oxygens (including phenoxy) is 1. The highest BCUT2D eigenvalue weighted by Gasteiger charge is 2.43. The Bertz CT molecular complexity index is 896. The lowest BCUT2D eigenvalue weighted by Crippen LogP contribution is -2.50. The SMILES string of the molecule is Cn1cc(CN2CCC3(CC2)CC(CC(=O)NC2CCC2)c2ccccc2O3)cn1. The molecule has 160 valence electrons. The number of fused-ring (bicyclic) bond motifs is 1. The minimum atomic E-state index is -0.152. The summed E-state index contributed by atoms with van der Waals surface area (Å²) in [4.78, 5) is 15.2. The number of piperidine rings is 1. The predicted molar refractivity (Wildman–Crippen MR) is 115 cm³/mol. The van der Waals surface area contributed by atoms with E-state index in [1.165, 1.54) is 17.5 Å². The van der Waals surface area contributed by atoms with Gasteiger partial charge in [-0.15, -0.1) is 0 Å². The highest BCUT2D eigenvalue weighted by Crippen LogP contribution is 2.46. The lowest BCUT2D eigenvalue weighted by Gasteiger charge is -2.47. The van der Waals surface area contributed by atoms with Gasteiger partial charge in [0.25, 0.3) is 0 Å². The molecule has 1 unspecified atom stereocenters. The Labute approximate surface area is 178 Å². The molecule has 0 bridgehead atoms. The molecule has 2 aliphatic heterocycles. The van der Waals surface area contributed by atoms with Crippen LogP contribution in [0.5, 0.6) is 5.75 Å². The fraction of sp³-hybridized carbons (Fsp3) is 0.583. The molecule has 1 aromatic heterocycles. The minimum absolute atomic E-state index is 0.152. The van der Waals surface area contributed by atoms with Crippen LogP contribution in [0.15, 0.2) is 36.7 Å². The van der Waals surface area contributed by atoms with Gasteiger partial charge in [-0.05, 0) is 50.2 Å². The second kappa shape index (κ2) is 8.06. The van der Waals surface area contributed by atoms with Crippen LogP contribution >= 0.6 is 0 Å². The fourth-order valence-corrected chi connectivity index (χ4v) is 5.23. The average Bonchev–Trinajstić information content (AvgIpc) is 3.11. The summed E-state index contributed by atoms with van der Waals surface area (Å²) in [6.07, 6.45) is 11.1. The summed E-state index contributed by atoms with van der Waals surface area (Å²) in [5, 5.41) is 7.51. The van der Waals surface area contributed by atoms with Gasteiger partial charge in [-0.2, -0.15) is 5.10 Å². The van der Waals surface area contributed by atoms with Crippen LogP contribution < -0.4 is 10.1 Å². The maximum Gasteiger partial charge on any atom is 0.220 e. The third-order valence-corrected chi connectivity index (χ3v) is 7.14. The van der Waals surface area contributed by atoms with Gasteiger partial charge in [0.1, 0.15) is 11.4 Å². The van der Waals surface area contributed by atoms with Gasteiger partial charge in [0, 0.05) is 56.8 Å². The van der Waals surface area contributed by atoms with Crippen LogP contribution in [0.25, 0.3) is 0 Å². The van der Waals surface area contributed by atoms with E-state index in [-0.39, 0.29) is 17.4 Å². The summed E-state index contributed by atoms with van der Waals surface area (Å²) in [7, 11) is 1.96. The van der Waals surface area contributed by atoms with Crippen LogP contribution in [0.2, 0.25) is 0 Å². The van der Waals surface area contributed by atoms with Gasteiger partial charge in [0.15, 0.2) is 0 Å². The second-order valence-corrected chi connectivity index (χ2v) is 9.42. The van der Waals surface area contributed by atoms with Crippen molar-refractivity contribution in [3.05, 3.63) is 47.8 Å². The molecule has 1 atom stereocenters. The number of hydrogen-bond acceptors (Lipinski definition) is 4. The Kier molecular flexibility index (Phi) is 5.27. The van der Waals surface area contributed by atoms with E-state index in [0.29, 0.717) is 12.5 Å². The molecule has 30 heavy (non-hydrogen) atoms. The number of rotatable bonds is 5. The number of carbonyl (C=O) groups excluding carboxylic acids is 1. The number of likely N-dealkylation sites (tertiary alicyclic amines) is 1. The zero-order valence-corrected chi connectivity index (χ0v) is 17.8. The number of amides is 1. The quantitative estimate of drug-likeness (QED) is 0.824. The second-order valence-electron chi connectivity index (χ2n) is 9.42. The summed E-state index contributed by atoms with van der Waals surface area (Å²) in [5.74, 6) is 1.41. The van der Waals surface area contributed by atoms with E-state index in [1.807, 2.05) is 24.0 Å². The first-order valence-corrected chi connectivity index (χ1v) is 11.4. The van der Waals surface area contributed by atoms with Gasteiger partial charge in [-0.25, -0.2) is 0 Å². The van der Waals surface area contributed by atoms with Crippen molar-refractivity contribution in [3.8, 4) is 5.75 Å². The van der Waals surface area contributed by atoms with Crippen molar-refractivity contribution in [1.29, 1.82) is 0 Å². The summed E-state index contributed by atoms with van der Waals surface area (Å²) in [5.41, 5.74) is 2.31. The number of nitrogens with one attached hydrogen (secondary N) is 1. The third kappa shape index (κ3) is 4.10. The number of nitrogens with zero attached hydrogens (tertiary/aromatic N) is 3. The van der Waals surface area contributed by atoms with Crippen LogP contribution in [0, 0.1) is 0 Å². The van der Waals surface area contributed by atoms with Crippen molar-refractivity contribution in [2.75, 3.05) is 13.1 Å². The van der Waals surface area contributed by atoms with E-state index in [4.69, 9.17) is 4.74 Å². The molecule has 2 aromatic rings. The Morgan fingerprint density at radius 3 is 2.77 bits per heavy atom. The van der Waals surface area contributed by atoms with Crippen molar-refractivity contribution in [2.45, 2.75) is 69.1 Å². The number of hydrogen-bond donors (Lipinski definition) is 1. The maximum atomic E-state index is 12.7. The highest BCUT2D eigenvalue weighted by molar-refractivity contribution is 5.77. The van der Waals surface area contributed by atoms with Crippen molar-refractivity contribution in [1.82, 2.24) is 20.0 Å². The van der Waals surface area contributed by atoms with Gasteiger partial charge < -0.3 is 10.1 Å². The first-order chi connectivity index (χ1) is 14.6.